The Morgan fingerprint density at radius 1 is 1.00 bits per heavy atom. The monoisotopic (exact) mass is 618 g/mol. The molecule has 45 heavy (non-hydrogen) atoms. The van der Waals surface area contributed by atoms with Crippen molar-refractivity contribution in [2.45, 2.75) is 63.9 Å². The first kappa shape index (κ1) is 33.2. The number of rotatable bonds is 7. The van der Waals surface area contributed by atoms with Gasteiger partial charge in [-0.3, -0.25) is 29.4 Å². The summed E-state index contributed by atoms with van der Waals surface area (Å²) in [5, 5.41) is 10.6. The van der Waals surface area contributed by atoms with Crippen molar-refractivity contribution in [2.75, 3.05) is 20.6 Å². The van der Waals surface area contributed by atoms with E-state index in [1.807, 2.05) is 42.5 Å². The Balaban J connectivity index is 1.62. The molecule has 12 heteroatoms. The lowest BCUT2D eigenvalue weighted by molar-refractivity contribution is -0.143. The zero-order chi connectivity index (χ0) is 32.7. The van der Waals surface area contributed by atoms with Gasteiger partial charge < -0.3 is 25.6 Å². The van der Waals surface area contributed by atoms with Crippen LogP contribution in [0.25, 0.3) is 6.08 Å². The van der Waals surface area contributed by atoms with Crippen LogP contribution in [0.2, 0.25) is 0 Å². The SMILES string of the molecule is CC(C)[C@H](NC(=O)NC(=O)[C@H](C)N(C)C)C(=O)N1CC[C@@H]2Oc3ccc(cc3)/C=C\NC(=O)[C@H](Cc3ccccc3)NC(=O)[C@H]21. The van der Waals surface area contributed by atoms with Crippen LogP contribution in [-0.2, 0) is 25.6 Å². The lowest BCUT2D eigenvalue weighted by Gasteiger charge is -2.33. The number of hydrogen-bond acceptors (Lipinski definition) is 7. The quantitative estimate of drug-likeness (QED) is 0.369. The molecule has 0 spiro atoms. The number of amides is 6. The van der Waals surface area contributed by atoms with Crippen molar-refractivity contribution < 1.29 is 28.7 Å². The molecule has 0 aromatic heterocycles. The van der Waals surface area contributed by atoms with Gasteiger partial charge in [-0.05, 0) is 56.3 Å². The van der Waals surface area contributed by atoms with Crippen molar-refractivity contribution in [2.24, 2.45) is 5.92 Å². The first-order valence-corrected chi connectivity index (χ1v) is 15.1. The Morgan fingerprint density at radius 3 is 2.33 bits per heavy atom. The maximum absolute atomic E-state index is 14.1. The Morgan fingerprint density at radius 2 is 1.69 bits per heavy atom. The predicted octanol–water partition coefficient (Wildman–Crippen LogP) is 1.66. The molecule has 1 saturated heterocycles. The van der Waals surface area contributed by atoms with Gasteiger partial charge in [-0.2, -0.15) is 0 Å². The smallest absolute Gasteiger partial charge is 0.322 e. The zero-order valence-electron chi connectivity index (χ0n) is 26.3. The maximum Gasteiger partial charge on any atom is 0.322 e. The highest BCUT2D eigenvalue weighted by atomic mass is 16.5. The van der Waals surface area contributed by atoms with Gasteiger partial charge in [0.15, 0.2) is 0 Å². The molecule has 4 N–H and O–H groups in total. The van der Waals surface area contributed by atoms with Crippen molar-refractivity contribution in [3.63, 3.8) is 0 Å². The van der Waals surface area contributed by atoms with Crippen LogP contribution < -0.4 is 26.0 Å². The number of benzene rings is 2. The highest BCUT2D eigenvalue weighted by Gasteiger charge is 2.46. The molecule has 5 atom stereocenters. The Kier molecular flexibility index (Phi) is 10.9. The highest BCUT2D eigenvalue weighted by molar-refractivity contribution is 5.99. The molecule has 0 radical (unpaired) electrons. The molecule has 0 aliphatic carbocycles. The molecule has 3 heterocycles. The summed E-state index contributed by atoms with van der Waals surface area (Å²) in [5.41, 5.74) is 1.68. The molecule has 2 bridgehead atoms. The zero-order valence-corrected chi connectivity index (χ0v) is 26.3. The van der Waals surface area contributed by atoms with Crippen molar-refractivity contribution in [3.8, 4) is 5.75 Å². The lowest BCUT2D eigenvalue weighted by Crippen LogP contribution is -2.61. The summed E-state index contributed by atoms with van der Waals surface area (Å²) in [4.78, 5) is 69.7. The minimum atomic E-state index is -1.09. The number of likely N-dealkylation sites (N-methyl/N-ethyl adjacent to an activating group) is 1. The molecule has 2 aromatic carbocycles. The molecule has 5 rings (SSSR count). The molecule has 0 saturated carbocycles. The molecule has 240 valence electrons. The number of nitrogens with zero attached hydrogens (tertiary/aromatic N) is 2. The standard InChI is InChI=1S/C33H42N6O6/c1-20(2)27(36-33(44)37-29(40)21(3)38(4)5)32(43)39-18-16-26-28(39)31(42)35-25(19-23-9-7-6-8-10-23)30(41)34-17-15-22-11-13-24(45-26)14-12-22/h6-15,17,20-21,25-28H,16,18-19H2,1-5H3,(H,34,41)(H,35,42)(H2,36,37,40,44)/b17-15-/t21-,25-,26-,27-,28-/m0/s1. The number of carbonyl (C=O) groups excluding carboxylic acids is 5. The van der Waals surface area contributed by atoms with Crippen LogP contribution in [-0.4, -0.2) is 90.4 Å². The van der Waals surface area contributed by atoms with E-state index in [4.69, 9.17) is 4.74 Å². The number of imide groups is 1. The molecular formula is C33H42N6O6. The molecule has 0 unspecified atom stereocenters. The summed E-state index contributed by atoms with van der Waals surface area (Å²) in [7, 11) is 3.43. The summed E-state index contributed by atoms with van der Waals surface area (Å²) < 4.78 is 6.26. The summed E-state index contributed by atoms with van der Waals surface area (Å²) in [6.45, 7) is 5.36. The van der Waals surface area contributed by atoms with Gasteiger partial charge in [0.25, 0.3) is 0 Å². The molecule has 2 aromatic rings. The fourth-order valence-electron chi connectivity index (χ4n) is 5.23. The van der Waals surface area contributed by atoms with Gasteiger partial charge in [-0.15, -0.1) is 0 Å². The third-order valence-electron chi connectivity index (χ3n) is 8.09. The summed E-state index contributed by atoms with van der Waals surface area (Å²) in [6.07, 6.45) is 3.12. The minimum absolute atomic E-state index is 0.180. The first-order valence-electron chi connectivity index (χ1n) is 15.1. The Bertz CT molecular complexity index is 1410. The normalized spacial score (nSPS) is 21.9. The molecule has 1 fully saturated rings. The van der Waals surface area contributed by atoms with Crippen molar-refractivity contribution >= 4 is 35.7 Å². The average Bonchev–Trinajstić information content (AvgIpc) is 3.43. The van der Waals surface area contributed by atoms with E-state index in [0.717, 1.165) is 11.1 Å². The van der Waals surface area contributed by atoms with E-state index in [1.54, 1.807) is 58.0 Å². The second-order valence-corrected chi connectivity index (χ2v) is 11.9. The molecule has 3 aliphatic rings. The largest absolute Gasteiger partial charge is 0.488 e. The predicted molar refractivity (Wildman–Crippen MR) is 169 cm³/mol. The number of hydrogen-bond donors (Lipinski definition) is 4. The van der Waals surface area contributed by atoms with E-state index >= 15 is 0 Å². The van der Waals surface area contributed by atoms with Crippen LogP contribution >= 0.6 is 0 Å². The molecule has 6 amide bonds. The van der Waals surface area contributed by atoms with Crippen molar-refractivity contribution in [1.82, 2.24) is 31.1 Å². The third kappa shape index (κ3) is 8.48. The number of urea groups is 1. The van der Waals surface area contributed by atoms with Gasteiger partial charge in [0.2, 0.25) is 23.6 Å². The molecular weight excluding hydrogens is 576 g/mol. The summed E-state index contributed by atoms with van der Waals surface area (Å²) in [6, 6.07) is 12.0. The van der Waals surface area contributed by atoms with Crippen molar-refractivity contribution in [1.29, 1.82) is 0 Å². The van der Waals surface area contributed by atoms with Gasteiger partial charge in [0.05, 0.1) is 6.04 Å². The Hall–Kier alpha value is -4.71. The third-order valence-corrected chi connectivity index (χ3v) is 8.09. The molecule has 3 aliphatic heterocycles. The van der Waals surface area contributed by atoms with E-state index in [-0.39, 0.29) is 18.9 Å². The maximum atomic E-state index is 14.1. The fourth-order valence-corrected chi connectivity index (χ4v) is 5.23. The second kappa shape index (κ2) is 14.8. The number of likely N-dealkylation sites (tertiary alicyclic amines) is 1. The Labute approximate surface area is 263 Å². The minimum Gasteiger partial charge on any atom is -0.488 e. The number of ether oxygens (including phenoxy) is 1. The van der Waals surface area contributed by atoms with Crippen LogP contribution in [0.1, 0.15) is 38.3 Å². The lowest BCUT2D eigenvalue weighted by atomic mass is 10.0. The number of carbonyl (C=O) groups is 5. The van der Waals surface area contributed by atoms with E-state index in [0.29, 0.717) is 12.2 Å². The van der Waals surface area contributed by atoms with Crippen molar-refractivity contribution in [3.05, 3.63) is 71.9 Å². The van der Waals surface area contributed by atoms with Gasteiger partial charge in [0.1, 0.15) is 30.0 Å². The highest BCUT2D eigenvalue weighted by Crippen LogP contribution is 2.27. The van der Waals surface area contributed by atoms with E-state index in [2.05, 4.69) is 21.3 Å². The van der Waals surface area contributed by atoms with Gasteiger partial charge >= 0.3 is 6.03 Å². The van der Waals surface area contributed by atoms with Crippen LogP contribution in [0.4, 0.5) is 4.79 Å². The van der Waals surface area contributed by atoms with Gasteiger partial charge in [-0.1, -0.05) is 56.3 Å². The van der Waals surface area contributed by atoms with Gasteiger partial charge in [-0.25, -0.2) is 4.79 Å². The number of fused-ring (bicyclic) bond motifs is 7. The van der Waals surface area contributed by atoms with E-state index in [9.17, 15) is 24.0 Å². The average molecular weight is 619 g/mol. The van der Waals surface area contributed by atoms with Gasteiger partial charge in [0, 0.05) is 25.6 Å². The topological polar surface area (TPSA) is 149 Å². The van der Waals surface area contributed by atoms with Crippen LogP contribution in [0.3, 0.4) is 0 Å². The first-order chi connectivity index (χ1) is 21.4. The summed E-state index contributed by atoms with van der Waals surface area (Å²) >= 11 is 0. The fraction of sp³-hybridized carbons (Fsp3) is 0.424. The summed E-state index contributed by atoms with van der Waals surface area (Å²) in [5.74, 6) is -1.83. The van der Waals surface area contributed by atoms with E-state index in [1.165, 1.54) is 11.1 Å². The number of nitrogens with one attached hydrogen (secondary N) is 4. The second-order valence-electron chi connectivity index (χ2n) is 11.9. The van der Waals surface area contributed by atoms with Crippen LogP contribution in [0.5, 0.6) is 5.75 Å². The van der Waals surface area contributed by atoms with Crippen LogP contribution in [0.15, 0.2) is 60.8 Å². The van der Waals surface area contributed by atoms with Crippen LogP contribution in [0, 0.1) is 5.92 Å². The molecule has 12 nitrogen and oxygen atoms in total. The van der Waals surface area contributed by atoms with E-state index < -0.39 is 59.9 Å².